The lowest BCUT2D eigenvalue weighted by Crippen LogP contribution is -2.41. The standard InChI is InChI=1S/C11H19NO3/c1-7(11(13)14-2)6-12-9-5-8-3-4-10(9)15-8/h7-10,12H,3-6H2,1-2H3. The number of hydrogen-bond acceptors (Lipinski definition) is 4. The summed E-state index contributed by atoms with van der Waals surface area (Å²) >= 11 is 0. The summed E-state index contributed by atoms with van der Waals surface area (Å²) < 4.78 is 10.4. The highest BCUT2D eigenvalue weighted by Crippen LogP contribution is 2.34. The van der Waals surface area contributed by atoms with Crippen LogP contribution in [0.4, 0.5) is 0 Å². The number of fused-ring (bicyclic) bond motifs is 2. The summed E-state index contributed by atoms with van der Waals surface area (Å²) in [4.78, 5) is 11.2. The third-order valence-electron chi connectivity index (χ3n) is 3.40. The molecule has 0 aromatic carbocycles. The molecule has 0 aliphatic carbocycles. The van der Waals surface area contributed by atoms with E-state index in [0.717, 1.165) is 12.8 Å². The van der Waals surface area contributed by atoms with E-state index in [-0.39, 0.29) is 11.9 Å². The van der Waals surface area contributed by atoms with Gasteiger partial charge in [-0.15, -0.1) is 0 Å². The van der Waals surface area contributed by atoms with Crippen molar-refractivity contribution >= 4 is 5.97 Å². The topological polar surface area (TPSA) is 47.6 Å². The molecule has 0 saturated carbocycles. The number of hydrogen-bond donors (Lipinski definition) is 1. The van der Waals surface area contributed by atoms with E-state index in [9.17, 15) is 4.79 Å². The lowest BCUT2D eigenvalue weighted by molar-refractivity contribution is -0.144. The van der Waals surface area contributed by atoms with E-state index in [2.05, 4.69) is 10.1 Å². The van der Waals surface area contributed by atoms with Gasteiger partial charge in [-0.2, -0.15) is 0 Å². The van der Waals surface area contributed by atoms with Crippen molar-refractivity contribution in [1.29, 1.82) is 0 Å². The summed E-state index contributed by atoms with van der Waals surface area (Å²) in [6, 6.07) is 0.441. The molecule has 4 unspecified atom stereocenters. The van der Waals surface area contributed by atoms with Crippen molar-refractivity contribution in [2.75, 3.05) is 13.7 Å². The number of nitrogens with one attached hydrogen (secondary N) is 1. The van der Waals surface area contributed by atoms with Crippen molar-refractivity contribution in [1.82, 2.24) is 5.32 Å². The fraction of sp³-hybridized carbons (Fsp3) is 0.909. The molecule has 0 spiro atoms. The monoisotopic (exact) mass is 213 g/mol. The second-order valence-corrected chi connectivity index (χ2v) is 4.55. The number of rotatable bonds is 4. The Balaban J connectivity index is 1.72. The minimum Gasteiger partial charge on any atom is -0.469 e. The molecule has 2 fully saturated rings. The van der Waals surface area contributed by atoms with Crippen LogP contribution in [0.25, 0.3) is 0 Å². The van der Waals surface area contributed by atoms with Crippen LogP contribution in [0.2, 0.25) is 0 Å². The molecule has 0 radical (unpaired) electrons. The largest absolute Gasteiger partial charge is 0.469 e. The maximum absolute atomic E-state index is 11.2. The highest BCUT2D eigenvalue weighted by Gasteiger charge is 2.40. The van der Waals surface area contributed by atoms with Crippen LogP contribution in [-0.4, -0.2) is 37.9 Å². The maximum Gasteiger partial charge on any atom is 0.309 e. The molecule has 86 valence electrons. The fourth-order valence-corrected chi connectivity index (χ4v) is 2.47. The van der Waals surface area contributed by atoms with Crippen LogP contribution in [0.5, 0.6) is 0 Å². The highest BCUT2D eigenvalue weighted by molar-refractivity contribution is 5.72. The molecule has 4 heteroatoms. The van der Waals surface area contributed by atoms with E-state index < -0.39 is 0 Å². The molecule has 0 aromatic rings. The Labute approximate surface area is 90.3 Å². The molecule has 2 aliphatic rings. The van der Waals surface area contributed by atoms with Crippen molar-refractivity contribution in [2.45, 2.75) is 44.4 Å². The van der Waals surface area contributed by atoms with Crippen molar-refractivity contribution < 1.29 is 14.3 Å². The van der Waals surface area contributed by atoms with Crippen molar-refractivity contribution in [3.05, 3.63) is 0 Å². The molecule has 2 rings (SSSR count). The zero-order chi connectivity index (χ0) is 10.8. The Hall–Kier alpha value is -0.610. The van der Waals surface area contributed by atoms with Gasteiger partial charge in [0.1, 0.15) is 0 Å². The second-order valence-electron chi connectivity index (χ2n) is 4.55. The van der Waals surface area contributed by atoms with Crippen LogP contribution in [-0.2, 0) is 14.3 Å². The van der Waals surface area contributed by atoms with Gasteiger partial charge in [-0.05, 0) is 19.3 Å². The Morgan fingerprint density at radius 2 is 2.40 bits per heavy atom. The van der Waals surface area contributed by atoms with Crippen molar-refractivity contribution in [3.8, 4) is 0 Å². The van der Waals surface area contributed by atoms with Gasteiger partial charge in [0.05, 0.1) is 25.2 Å². The lowest BCUT2D eigenvalue weighted by atomic mass is 9.95. The van der Waals surface area contributed by atoms with Crippen LogP contribution in [0.15, 0.2) is 0 Å². The molecule has 4 atom stereocenters. The molecule has 1 N–H and O–H groups in total. The van der Waals surface area contributed by atoms with E-state index in [1.54, 1.807) is 0 Å². The minimum atomic E-state index is -0.147. The molecule has 2 heterocycles. The zero-order valence-electron chi connectivity index (χ0n) is 9.36. The summed E-state index contributed by atoms with van der Waals surface area (Å²) in [7, 11) is 1.43. The average molecular weight is 213 g/mol. The van der Waals surface area contributed by atoms with Crippen LogP contribution >= 0.6 is 0 Å². The van der Waals surface area contributed by atoms with Gasteiger partial charge < -0.3 is 14.8 Å². The summed E-state index contributed by atoms with van der Waals surface area (Å²) in [5.41, 5.74) is 0. The van der Waals surface area contributed by atoms with E-state index in [1.165, 1.54) is 13.5 Å². The second kappa shape index (κ2) is 4.49. The van der Waals surface area contributed by atoms with Gasteiger partial charge in [-0.1, -0.05) is 6.92 Å². The van der Waals surface area contributed by atoms with Crippen LogP contribution < -0.4 is 5.32 Å². The van der Waals surface area contributed by atoms with Gasteiger partial charge in [0.2, 0.25) is 0 Å². The van der Waals surface area contributed by atoms with Gasteiger partial charge >= 0.3 is 5.97 Å². The van der Waals surface area contributed by atoms with Crippen molar-refractivity contribution in [3.63, 3.8) is 0 Å². The van der Waals surface area contributed by atoms with Crippen molar-refractivity contribution in [2.24, 2.45) is 5.92 Å². The predicted octanol–water partition coefficient (Wildman–Crippen LogP) is 0.705. The van der Waals surface area contributed by atoms with E-state index >= 15 is 0 Å². The Morgan fingerprint density at radius 3 is 2.93 bits per heavy atom. The summed E-state index contributed by atoms with van der Waals surface area (Å²) in [6.45, 7) is 2.57. The fourth-order valence-electron chi connectivity index (χ4n) is 2.47. The number of ether oxygens (including phenoxy) is 2. The third-order valence-corrected chi connectivity index (χ3v) is 3.40. The first-order chi connectivity index (χ1) is 7.20. The Bertz CT molecular complexity index is 244. The summed E-state index contributed by atoms with van der Waals surface area (Å²) in [5, 5.41) is 3.40. The van der Waals surface area contributed by atoms with E-state index in [0.29, 0.717) is 24.8 Å². The molecule has 4 nitrogen and oxygen atoms in total. The summed E-state index contributed by atoms with van der Waals surface area (Å²) in [6.07, 6.45) is 4.30. The summed E-state index contributed by atoms with van der Waals surface area (Å²) in [5.74, 6) is -0.222. The number of carbonyl (C=O) groups is 1. The average Bonchev–Trinajstić information content (AvgIpc) is 2.86. The maximum atomic E-state index is 11.2. The predicted molar refractivity (Wildman–Crippen MR) is 55.5 cm³/mol. The molecule has 0 amide bonds. The Morgan fingerprint density at radius 1 is 1.60 bits per heavy atom. The molecular weight excluding hydrogens is 194 g/mol. The van der Waals surface area contributed by atoms with E-state index in [1.807, 2.05) is 6.92 Å². The normalized spacial score (nSPS) is 35.5. The smallest absolute Gasteiger partial charge is 0.309 e. The first-order valence-corrected chi connectivity index (χ1v) is 5.67. The van der Waals surface area contributed by atoms with Gasteiger partial charge in [0.25, 0.3) is 0 Å². The zero-order valence-corrected chi connectivity index (χ0v) is 9.36. The molecule has 2 saturated heterocycles. The van der Waals surface area contributed by atoms with Gasteiger partial charge in [0, 0.05) is 12.6 Å². The van der Waals surface area contributed by atoms with Crippen LogP contribution in [0, 0.1) is 5.92 Å². The molecule has 0 aromatic heterocycles. The first-order valence-electron chi connectivity index (χ1n) is 5.67. The highest BCUT2D eigenvalue weighted by atomic mass is 16.5. The number of carbonyl (C=O) groups excluding carboxylic acids is 1. The number of methoxy groups -OCH3 is 1. The third kappa shape index (κ3) is 2.32. The van der Waals surface area contributed by atoms with Gasteiger partial charge in [-0.3, -0.25) is 4.79 Å². The lowest BCUT2D eigenvalue weighted by Gasteiger charge is -2.21. The minimum absolute atomic E-state index is 0.0749. The molecular formula is C11H19NO3. The van der Waals surface area contributed by atoms with Gasteiger partial charge in [-0.25, -0.2) is 0 Å². The molecule has 2 bridgehead atoms. The van der Waals surface area contributed by atoms with Crippen LogP contribution in [0.3, 0.4) is 0 Å². The molecule has 15 heavy (non-hydrogen) atoms. The SMILES string of the molecule is COC(=O)C(C)CNC1CC2CCC1O2. The first kappa shape index (κ1) is 10.9. The quantitative estimate of drug-likeness (QED) is 0.698. The van der Waals surface area contributed by atoms with Crippen LogP contribution in [0.1, 0.15) is 26.2 Å². The molecule has 2 aliphatic heterocycles. The Kier molecular flexibility index (Phi) is 3.26. The van der Waals surface area contributed by atoms with E-state index in [4.69, 9.17) is 4.74 Å². The van der Waals surface area contributed by atoms with Gasteiger partial charge in [0.15, 0.2) is 0 Å². The number of esters is 1.